The fourth-order valence-electron chi connectivity index (χ4n) is 4.73. The molecule has 1 aromatic heterocycles. The zero-order chi connectivity index (χ0) is 26.4. The lowest BCUT2D eigenvalue weighted by Gasteiger charge is -2.33. The molecule has 0 aliphatic heterocycles. The summed E-state index contributed by atoms with van der Waals surface area (Å²) in [6.07, 6.45) is 2.17. The largest absolute Gasteiger partial charge is 0.357 e. The van der Waals surface area contributed by atoms with Gasteiger partial charge in [0.1, 0.15) is 6.04 Å². The minimum absolute atomic E-state index is 0.00665. The van der Waals surface area contributed by atoms with Crippen LogP contribution in [-0.4, -0.2) is 50.4 Å². The molecule has 192 valence electrons. The maximum Gasteiger partial charge on any atom is 0.242 e. The predicted molar refractivity (Wildman–Crippen MR) is 145 cm³/mol. The number of unbranched alkanes of at least 4 members (excludes halogenated alkanes) is 1. The van der Waals surface area contributed by atoms with E-state index < -0.39 is 6.04 Å². The number of nitrogens with one attached hydrogen (secondary N) is 2. The van der Waals surface area contributed by atoms with Gasteiger partial charge in [-0.05, 0) is 57.1 Å². The second-order valence-electron chi connectivity index (χ2n) is 9.61. The van der Waals surface area contributed by atoms with Gasteiger partial charge in [-0.1, -0.05) is 75.7 Å². The molecule has 4 aromatic rings. The van der Waals surface area contributed by atoms with Crippen molar-refractivity contribution < 1.29 is 9.59 Å². The van der Waals surface area contributed by atoms with Crippen LogP contribution in [-0.2, 0) is 16.1 Å². The molecule has 0 aliphatic rings. The van der Waals surface area contributed by atoms with Gasteiger partial charge in [-0.25, -0.2) is 0 Å². The van der Waals surface area contributed by atoms with Crippen LogP contribution in [0.4, 0.5) is 0 Å². The van der Waals surface area contributed by atoms with Crippen molar-refractivity contribution in [1.82, 2.24) is 30.8 Å². The molecule has 0 bridgehead atoms. The quantitative estimate of drug-likeness (QED) is 0.321. The smallest absolute Gasteiger partial charge is 0.242 e. The van der Waals surface area contributed by atoms with Crippen LogP contribution < -0.4 is 5.32 Å². The third-order valence-corrected chi connectivity index (χ3v) is 6.63. The SMILES string of the molecule is CCCCC(=O)N(Cc1ccc2cc(-c3ccccc3-c3nn[nH]n3)ccc2c1)[C@H](C(=O)NC)C(C)C. The van der Waals surface area contributed by atoms with Gasteiger partial charge in [-0.2, -0.15) is 5.21 Å². The molecule has 2 amide bonds. The molecule has 0 aliphatic carbocycles. The number of benzene rings is 3. The van der Waals surface area contributed by atoms with Gasteiger partial charge < -0.3 is 10.2 Å². The standard InChI is InChI=1S/C29H34N6O2/c1-5-6-11-26(36)35(27(19(2)3)29(37)30-4)18-20-12-13-22-17-23(15-14-21(22)16-20)24-9-7-8-10-25(24)28-31-33-34-32-28/h7-10,12-17,19,27H,5-6,11,18H2,1-4H3,(H,30,37)(H,31,32,33,34)/t27-/m0/s1. The van der Waals surface area contributed by atoms with Crippen LogP contribution in [0.1, 0.15) is 45.6 Å². The van der Waals surface area contributed by atoms with Gasteiger partial charge in [0, 0.05) is 25.6 Å². The van der Waals surface area contributed by atoms with Gasteiger partial charge in [-0.3, -0.25) is 9.59 Å². The fourth-order valence-corrected chi connectivity index (χ4v) is 4.73. The Labute approximate surface area is 217 Å². The Kier molecular flexibility index (Phi) is 8.28. The summed E-state index contributed by atoms with van der Waals surface area (Å²) in [5.74, 6) is 0.422. The van der Waals surface area contributed by atoms with Crippen LogP contribution in [0, 0.1) is 5.92 Å². The molecule has 37 heavy (non-hydrogen) atoms. The molecule has 0 radical (unpaired) electrons. The second-order valence-corrected chi connectivity index (χ2v) is 9.61. The lowest BCUT2D eigenvalue weighted by molar-refractivity contribution is -0.142. The van der Waals surface area contributed by atoms with E-state index in [0.29, 0.717) is 18.8 Å². The van der Waals surface area contributed by atoms with E-state index in [4.69, 9.17) is 0 Å². The van der Waals surface area contributed by atoms with Gasteiger partial charge in [0.25, 0.3) is 0 Å². The minimum atomic E-state index is -0.519. The number of carbonyl (C=O) groups excluding carboxylic acids is 2. The highest BCUT2D eigenvalue weighted by Gasteiger charge is 2.31. The monoisotopic (exact) mass is 498 g/mol. The van der Waals surface area contributed by atoms with E-state index in [1.54, 1.807) is 11.9 Å². The van der Waals surface area contributed by atoms with Crippen molar-refractivity contribution in [1.29, 1.82) is 0 Å². The average Bonchev–Trinajstić information content (AvgIpc) is 3.45. The van der Waals surface area contributed by atoms with Crippen molar-refractivity contribution in [2.24, 2.45) is 5.92 Å². The van der Waals surface area contributed by atoms with Crippen LogP contribution in [0.25, 0.3) is 33.3 Å². The van der Waals surface area contributed by atoms with E-state index in [9.17, 15) is 9.59 Å². The van der Waals surface area contributed by atoms with Gasteiger partial charge >= 0.3 is 0 Å². The van der Waals surface area contributed by atoms with Crippen LogP contribution in [0.2, 0.25) is 0 Å². The van der Waals surface area contributed by atoms with E-state index in [1.807, 2.05) is 44.2 Å². The molecule has 3 aromatic carbocycles. The molecular formula is C29H34N6O2. The lowest BCUT2D eigenvalue weighted by atomic mass is 9.95. The van der Waals surface area contributed by atoms with E-state index in [1.165, 1.54) is 0 Å². The fraction of sp³-hybridized carbons (Fsp3) is 0.345. The molecule has 1 heterocycles. The van der Waals surface area contributed by atoms with Gasteiger partial charge in [0.15, 0.2) is 0 Å². The molecule has 0 saturated carbocycles. The van der Waals surface area contributed by atoms with Crippen molar-refractivity contribution >= 4 is 22.6 Å². The van der Waals surface area contributed by atoms with E-state index in [-0.39, 0.29) is 17.7 Å². The Bertz CT molecular complexity index is 1370. The highest BCUT2D eigenvalue weighted by atomic mass is 16.2. The summed E-state index contributed by atoms with van der Waals surface area (Å²) in [5.41, 5.74) is 3.97. The number of amides is 2. The Morgan fingerprint density at radius 1 is 1.00 bits per heavy atom. The van der Waals surface area contributed by atoms with Crippen LogP contribution >= 0.6 is 0 Å². The average molecular weight is 499 g/mol. The third-order valence-electron chi connectivity index (χ3n) is 6.63. The zero-order valence-electron chi connectivity index (χ0n) is 21.9. The highest BCUT2D eigenvalue weighted by molar-refractivity contribution is 5.91. The molecule has 0 saturated heterocycles. The molecule has 1 atom stereocenters. The summed E-state index contributed by atoms with van der Waals surface area (Å²) in [5, 5.41) is 19.4. The van der Waals surface area contributed by atoms with Crippen molar-refractivity contribution in [2.75, 3.05) is 7.05 Å². The van der Waals surface area contributed by atoms with Crippen molar-refractivity contribution in [2.45, 2.75) is 52.6 Å². The zero-order valence-corrected chi connectivity index (χ0v) is 21.9. The van der Waals surface area contributed by atoms with E-state index in [2.05, 4.69) is 63.2 Å². The summed E-state index contributed by atoms with van der Waals surface area (Å²) in [7, 11) is 1.62. The number of nitrogens with zero attached hydrogens (tertiary/aromatic N) is 4. The predicted octanol–water partition coefficient (Wildman–Crippen LogP) is 4.98. The molecular weight excluding hydrogens is 464 g/mol. The van der Waals surface area contributed by atoms with Crippen LogP contribution in [0.3, 0.4) is 0 Å². The lowest BCUT2D eigenvalue weighted by Crippen LogP contribution is -2.51. The molecule has 2 N–H and O–H groups in total. The number of fused-ring (bicyclic) bond motifs is 1. The minimum Gasteiger partial charge on any atom is -0.357 e. The molecule has 8 nitrogen and oxygen atoms in total. The Morgan fingerprint density at radius 3 is 2.41 bits per heavy atom. The molecule has 0 fully saturated rings. The first-order valence-electron chi connectivity index (χ1n) is 12.8. The number of likely N-dealkylation sites (N-methyl/N-ethyl adjacent to an activating group) is 1. The van der Waals surface area contributed by atoms with Gasteiger partial charge in [0.05, 0.1) is 0 Å². The second kappa shape index (κ2) is 11.8. The normalized spacial score (nSPS) is 12.0. The van der Waals surface area contributed by atoms with E-state index in [0.717, 1.165) is 45.9 Å². The summed E-state index contributed by atoms with van der Waals surface area (Å²) < 4.78 is 0. The van der Waals surface area contributed by atoms with E-state index >= 15 is 0 Å². The molecule has 8 heteroatoms. The van der Waals surface area contributed by atoms with Gasteiger partial charge in [-0.15, -0.1) is 10.2 Å². The Morgan fingerprint density at radius 2 is 1.73 bits per heavy atom. The first kappa shape index (κ1) is 26.0. The summed E-state index contributed by atoms with van der Waals surface area (Å²) in [6.45, 7) is 6.41. The summed E-state index contributed by atoms with van der Waals surface area (Å²) >= 11 is 0. The number of aromatic nitrogens is 4. The first-order valence-corrected chi connectivity index (χ1v) is 12.8. The van der Waals surface area contributed by atoms with Gasteiger partial charge in [0.2, 0.25) is 17.6 Å². The topological polar surface area (TPSA) is 104 Å². The van der Waals surface area contributed by atoms with Crippen molar-refractivity contribution in [3.63, 3.8) is 0 Å². The van der Waals surface area contributed by atoms with Crippen LogP contribution in [0.5, 0.6) is 0 Å². The molecule has 0 spiro atoms. The summed E-state index contributed by atoms with van der Waals surface area (Å²) in [6, 6.07) is 20.0. The number of carbonyl (C=O) groups is 2. The number of rotatable bonds is 10. The molecule has 4 rings (SSSR count). The highest BCUT2D eigenvalue weighted by Crippen LogP contribution is 2.32. The van der Waals surface area contributed by atoms with Crippen molar-refractivity contribution in [3.8, 4) is 22.5 Å². The number of aromatic amines is 1. The third kappa shape index (κ3) is 5.85. The van der Waals surface area contributed by atoms with Crippen molar-refractivity contribution in [3.05, 3.63) is 66.2 Å². The number of tetrazole rings is 1. The summed E-state index contributed by atoms with van der Waals surface area (Å²) in [4.78, 5) is 27.7. The number of H-pyrrole nitrogens is 1. The van der Waals surface area contributed by atoms with Crippen LogP contribution in [0.15, 0.2) is 60.7 Å². The maximum absolute atomic E-state index is 13.2. The Hall–Kier alpha value is -4.07. The Balaban J connectivity index is 1.66. The number of hydrogen-bond acceptors (Lipinski definition) is 5. The maximum atomic E-state index is 13.2. The molecule has 0 unspecified atom stereocenters. The first-order chi connectivity index (χ1) is 17.9. The number of hydrogen-bond donors (Lipinski definition) is 2.